The SMILES string of the molecule is CCOC1CCCC(N)CC1. The van der Waals surface area contributed by atoms with Crippen LogP contribution in [0.4, 0.5) is 0 Å². The molecule has 2 unspecified atom stereocenters. The van der Waals surface area contributed by atoms with Crippen LogP contribution in [0, 0.1) is 0 Å². The molecule has 11 heavy (non-hydrogen) atoms. The first-order valence-corrected chi connectivity index (χ1v) is 4.70. The molecule has 1 saturated carbocycles. The highest BCUT2D eigenvalue weighted by Crippen LogP contribution is 2.18. The molecule has 2 N–H and O–H groups in total. The quantitative estimate of drug-likeness (QED) is 0.619. The van der Waals surface area contributed by atoms with E-state index >= 15 is 0 Å². The first-order valence-electron chi connectivity index (χ1n) is 4.70. The molecule has 0 aromatic carbocycles. The minimum Gasteiger partial charge on any atom is -0.379 e. The molecule has 1 aliphatic carbocycles. The zero-order valence-electron chi connectivity index (χ0n) is 7.38. The lowest BCUT2D eigenvalue weighted by Crippen LogP contribution is -2.19. The fourth-order valence-corrected chi connectivity index (χ4v) is 1.70. The van der Waals surface area contributed by atoms with E-state index in [0.717, 1.165) is 19.4 Å². The molecular weight excluding hydrogens is 138 g/mol. The first kappa shape index (κ1) is 9.01. The van der Waals surface area contributed by atoms with E-state index in [1.54, 1.807) is 0 Å². The van der Waals surface area contributed by atoms with Gasteiger partial charge in [-0.2, -0.15) is 0 Å². The van der Waals surface area contributed by atoms with Gasteiger partial charge >= 0.3 is 0 Å². The maximum atomic E-state index is 5.84. The largest absolute Gasteiger partial charge is 0.379 e. The highest BCUT2D eigenvalue weighted by atomic mass is 16.5. The minimum atomic E-state index is 0.431. The lowest BCUT2D eigenvalue weighted by molar-refractivity contribution is 0.0522. The number of rotatable bonds is 2. The van der Waals surface area contributed by atoms with Crippen LogP contribution in [-0.4, -0.2) is 18.8 Å². The molecule has 2 atom stereocenters. The Kier molecular flexibility index (Phi) is 3.87. The summed E-state index contributed by atoms with van der Waals surface area (Å²) < 4.78 is 5.56. The summed E-state index contributed by atoms with van der Waals surface area (Å²) in [6.45, 7) is 2.91. The van der Waals surface area contributed by atoms with Gasteiger partial charge in [0, 0.05) is 12.6 Å². The molecule has 2 nitrogen and oxygen atoms in total. The van der Waals surface area contributed by atoms with E-state index in [1.807, 2.05) is 0 Å². The maximum absolute atomic E-state index is 5.84. The van der Waals surface area contributed by atoms with Crippen molar-refractivity contribution in [1.29, 1.82) is 0 Å². The van der Waals surface area contributed by atoms with Gasteiger partial charge in [0.15, 0.2) is 0 Å². The Hall–Kier alpha value is -0.0800. The second kappa shape index (κ2) is 4.73. The summed E-state index contributed by atoms with van der Waals surface area (Å²) in [5.41, 5.74) is 5.84. The Morgan fingerprint density at radius 3 is 2.82 bits per heavy atom. The molecule has 0 radical (unpaired) electrons. The molecule has 0 aliphatic heterocycles. The van der Waals surface area contributed by atoms with Crippen molar-refractivity contribution in [3.8, 4) is 0 Å². The van der Waals surface area contributed by atoms with Crippen LogP contribution in [0.15, 0.2) is 0 Å². The van der Waals surface area contributed by atoms with Gasteiger partial charge in [0.05, 0.1) is 6.10 Å². The molecular formula is C9H19NO. The molecule has 1 aliphatic rings. The van der Waals surface area contributed by atoms with Gasteiger partial charge in [-0.1, -0.05) is 0 Å². The van der Waals surface area contributed by atoms with Crippen molar-refractivity contribution in [2.45, 2.75) is 51.2 Å². The third kappa shape index (κ3) is 3.21. The van der Waals surface area contributed by atoms with E-state index in [9.17, 15) is 0 Å². The third-order valence-electron chi connectivity index (χ3n) is 2.36. The lowest BCUT2D eigenvalue weighted by Gasteiger charge is -2.13. The van der Waals surface area contributed by atoms with Crippen molar-refractivity contribution in [2.24, 2.45) is 5.73 Å². The second-order valence-corrected chi connectivity index (χ2v) is 3.35. The van der Waals surface area contributed by atoms with Crippen LogP contribution >= 0.6 is 0 Å². The molecule has 0 bridgehead atoms. The molecule has 1 rings (SSSR count). The van der Waals surface area contributed by atoms with Gasteiger partial charge in [-0.25, -0.2) is 0 Å². The van der Waals surface area contributed by atoms with Crippen LogP contribution in [0.2, 0.25) is 0 Å². The van der Waals surface area contributed by atoms with Gasteiger partial charge in [-0.05, 0) is 39.0 Å². The average Bonchev–Trinajstić information content (AvgIpc) is 2.17. The lowest BCUT2D eigenvalue weighted by atomic mass is 10.1. The van der Waals surface area contributed by atoms with Crippen LogP contribution in [0.1, 0.15) is 39.0 Å². The summed E-state index contributed by atoms with van der Waals surface area (Å²) in [6, 6.07) is 0.431. The monoisotopic (exact) mass is 157 g/mol. The number of nitrogens with two attached hydrogens (primary N) is 1. The van der Waals surface area contributed by atoms with E-state index in [1.165, 1.54) is 19.3 Å². The van der Waals surface area contributed by atoms with Crippen LogP contribution in [0.3, 0.4) is 0 Å². The van der Waals surface area contributed by atoms with E-state index < -0.39 is 0 Å². The third-order valence-corrected chi connectivity index (χ3v) is 2.36. The van der Waals surface area contributed by atoms with Gasteiger partial charge < -0.3 is 10.5 Å². The Bertz CT molecular complexity index is 106. The van der Waals surface area contributed by atoms with Gasteiger partial charge in [0.2, 0.25) is 0 Å². The zero-order chi connectivity index (χ0) is 8.10. The molecule has 0 amide bonds. The number of hydrogen-bond donors (Lipinski definition) is 1. The molecule has 0 aromatic rings. The summed E-state index contributed by atoms with van der Waals surface area (Å²) in [5.74, 6) is 0. The number of hydrogen-bond acceptors (Lipinski definition) is 2. The average molecular weight is 157 g/mol. The summed E-state index contributed by atoms with van der Waals surface area (Å²) in [6.07, 6.45) is 6.44. The summed E-state index contributed by atoms with van der Waals surface area (Å²) in [4.78, 5) is 0. The summed E-state index contributed by atoms with van der Waals surface area (Å²) >= 11 is 0. The highest BCUT2D eigenvalue weighted by Gasteiger charge is 2.15. The van der Waals surface area contributed by atoms with E-state index in [0.29, 0.717) is 12.1 Å². The Morgan fingerprint density at radius 1 is 1.27 bits per heavy atom. The van der Waals surface area contributed by atoms with Crippen molar-refractivity contribution in [3.05, 3.63) is 0 Å². The molecule has 66 valence electrons. The first-order chi connectivity index (χ1) is 5.33. The molecule has 0 saturated heterocycles. The Balaban J connectivity index is 2.22. The Morgan fingerprint density at radius 2 is 2.09 bits per heavy atom. The number of ether oxygens (including phenoxy) is 1. The zero-order valence-corrected chi connectivity index (χ0v) is 7.38. The fraction of sp³-hybridized carbons (Fsp3) is 1.00. The minimum absolute atomic E-state index is 0.431. The summed E-state index contributed by atoms with van der Waals surface area (Å²) in [7, 11) is 0. The summed E-state index contributed by atoms with van der Waals surface area (Å²) in [5, 5.41) is 0. The molecule has 0 heterocycles. The smallest absolute Gasteiger partial charge is 0.0575 e. The highest BCUT2D eigenvalue weighted by molar-refractivity contribution is 4.71. The molecule has 0 spiro atoms. The molecule has 0 aromatic heterocycles. The van der Waals surface area contributed by atoms with E-state index in [2.05, 4.69) is 6.92 Å². The predicted molar refractivity (Wildman–Crippen MR) is 46.5 cm³/mol. The van der Waals surface area contributed by atoms with Crippen molar-refractivity contribution in [2.75, 3.05) is 6.61 Å². The van der Waals surface area contributed by atoms with Crippen LogP contribution in [-0.2, 0) is 4.74 Å². The maximum Gasteiger partial charge on any atom is 0.0575 e. The van der Waals surface area contributed by atoms with E-state index in [-0.39, 0.29) is 0 Å². The van der Waals surface area contributed by atoms with Gasteiger partial charge in [0.1, 0.15) is 0 Å². The second-order valence-electron chi connectivity index (χ2n) is 3.35. The van der Waals surface area contributed by atoms with Crippen molar-refractivity contribution in [3.63, 3.8) is 0 Å². The van der Waals surface area contributed by atoms with Crippen molar-refractivity contribution in [1.82, 2.24) is 0 Å². The van der Waals surface area contributed by atoms with Gasteiger partial charge in [0.25, 0.3) is 0 Å². The normalized spacial score (nSPS) is 33.3. The van der Waals surface area contributed by atoms with Crippen LogP contribution in [0.5, 0.6) is 0 Å². The van der Waals surface area contributed by atoms with Crippen LogP contribution in [0.25, 0.3) is 0 Å². The standard InChI is InChI=1S/C9H19NO/c1-2-11-9-5-3-4-8(10)6-7-9/h8-9H,2-7,10H2,1H3. The molecule has 1 fully saturated rings. The fourth-order valence-electron chi connectivity index (χ4n) is 1.70. The topological polar surface area (TPSA) is 35.2 Å². The predicted octanol–water partition coefficient (Wildman–Crippen LogP) is 1.68. The van der Waals surface area contributed by atoms with Crippen molar-refractivity contribution >= 4 is 0 Å². The van der Waals surface area contributed by atoms with Crippen molar-refractivity contribution < 1.29 is 4.74 Å². The Labute approximate surface area is 69.1 Å². The van der Waals surface area contributed by atoms with Crippen LogP contribution < -0.4 is 5.73 Å². The van der Waals surface area contributed by atoms with E-state index in [4.69, 9.17) is 10.5 Å². The van der Waals surface area contributed by atoms with Gasteiger partial charge in [-0.15, -0.1) is 0 Å². The molecule has 2 heteroatoms. The van der Waals surface area contributed by atoms with Gasteiger partial charge in [-0.3, -0.25) is 0 Å².